The lowest BCUT2D eigenvalue weighted by molar-refractivity contribution is -0.125. The molecule has 212 valence electrons. The molecule has 1 N–H and O–H groups in total. The zero-order valence-corrected chi connectivity index (χ0v) is 24.7. The number of unbranched alkanes of at least 4 members (excludes halogenated alkanes) is 1. The number of rotatable bonds is 9. The number of carbonyl (C=O) groups is 1. The fraction of sp³-hybridized carbons (Fsp3) is 0.278. The van der Waals surface area contributed by atoms with Gasteiger partial charge in [-0.3, -0.25) is 9.69 Å². The van der Waals surface area contributed by atoms with Crippen LogP contribution in [0, 0.1) is 0 Å². The van der Waals surface area contributed by atoms with Crippen LogP contribution in [0.15, 0.2) is 102 Å². The minimum Gasteiger partial charge on any atom is -0.354 e. The largest absolute Gasteiger partial charge is 0.354 e. The van der Waals surface area contributed by atoms with E-state index in [0.717, 1.165) is 74.4 Å². The van der Waals surface area contributed by atoms with Gasteiger partial charge < -0.3 is 10.2 Å². The molecule has 3 aromatic carbocycles. The summed E-state index contributed by atoms with van der Waals surface area (Å²) in [5.74, 6) is 1.19. The van der Waals surface area contributed by atoms with Crippen molar-refractivity contribution in [1.29, 1.82) is 0 Å². The second-order valence-corrected chi connectivity index (χ2v) is 12.4. The molecular weight excluding hydrogens is 536 g/mol. The van der Waals surface area contributed by atoms with Crippen molar-refractivity contribution in [1.82, 2.24) is 15.2 Å². The molecule has 5 aromatic rings. The van der Waals surface area contributed by atoms with Gasteiger partial charge in [0, 0.05) is 36.4 Å². The third kappa shape index (κ3) is 4.99. The van der Waals surface area contributed by atoms with Gasteiger partial charge in [0.05, 0.1) is 12.1 Å². The summed E-state index contributed by atoms with van der Waals surface area (Å²) in [5.41, 5.74) is 5.07. The Morgan fingerprint density at radius 3 is 2.24 bits per heavy atom. The molecule has 2 aromatic heterocycles. The second kappa shape index (κ2) is 11.7. The van der Waals surface area contributed by atoms with Crippen LogP contribution in [-0.2, 0) is 16.8 Å². The SMILES string of the molecule is O=C(NCc1cccs1)C1(CCCCN2CCN(c3ccc4ccccc4n3)CC2)c2ccccc2-c2ccccc21. The van der Waals surface area contributed by atoms with Gasteiger partial charge in [-0.05, 0) is 71.3 Å². The molecule has 0 bridgehead atoms. The third-order valence-corrected chi connectivity index (χ3v) is 9.89. The number of nitrogens with zero attached hydrogens (tertiary/aromatic N) is 3. The molecule has 42 heavy (non-hydrogen) atoms. The van der Waals surface area contributed by atoms with E-state index in [1.165, 1.54) is 21.4 Å². The van der Waals surface area contributed by atoms with Gasteiger partial charge in [-0.15, -0.1) is 11.3 Å². The van der Waals surface area contributed by atoms with Crippen LogP contribution in [0.4, 0.5) is 5.82 Å². The summed E-state index contributed by atoms with van der Waals surface area (Å²) in [4.78, 5) is 25.3. The second-order valence-electron chi connectivity index (χ2n) is 11.4. The first-order chi connectivity index (χ1) is 20.7. The van der Waals surface area contributed by atoms with E-state index < -0.39 is 5.41 Å². The third-order valence-electron chi connectivity index (χ3n) is 9.01. The average Bonchev–Trinajstić information content (AvgIpc) is 3.67. The molecule has 0 spiro atoms. The smallest absolute Gasteiger partial charge is 0.235 e. The molecule has 1 saturated heterocycles. The van der Waals surface area contributed by atoms with Crippen molar-refractivity contribution in [2.75, 3.05) is 37.6 Å². The molecule has 1 fully saturated rings. The molecule has 1 amide bonds. The average molecular weight is 573 g/mol. The van der Waals surface area contributed by atoms with E-state index in [0.29, 0.717) is 6.54 Å². The van der Waals surface area contributed by atoms with Gasteiger partial charge in [-0.2, -0.15) is 0 Å². The normalized spacial score (nSPS) is 15.9. The number of anilines is 1. The lowest BCUT2D eigenvalue weighted by atomic mass is 9.73. The number of carbonyl (C=O) groups excluding carboxylic acids is 1. The summed E-state index contributed by atoms with van der Waals surface area (Å²) in [6.07, 6.45) is 2.86. The van der Waals surface area contributed by atoms with Crippen LogP contribution < -0.4 is 10.2 Å². The predicted octanol–water partition coefficient (Wildman–Crippen LogP) is 6.87. The molecule has 7 rings (SSSR count). The molecule has 0 radical (unpaired) electrons. The van der Waals surface area contributed by atoms with E-state index in [1.807, 2.05) is 6.07 Å². The lowest BCUT2D eigenvalue weighted by Crippen LogP contribution is -2.47. The first-order valence-corrected chi connectivity index (χ1v) is 15.9. The van der Waals surface area contributed by atoms with E-state index in [4.69, 9.17) is 4.98 Å². The first-order valence-electron chi connectivity index (χ1n) is 15.1. The maximum Gasteiger partial charge on any atom is 0.235 e. The van der Waals surface area contributed by atoms with Gasteiger partial charge in [0.15, 0.2) is 0 Å². The van der Waals surface area contributed by atoms with E-state index in [1.54, 1.807) is 11.3 Å². The summed E-state index contributed by atoms with van der Waals surface area (Å²) in [6, 6.07) is 33.8. The number of hydrogen-bond donors (Lipinski definition) is 1. The summed E-state index contributed by atoms with van der Waals surface area (Å²) in [7, 11) is 0. The maximum absolute atomic E-state index is 14.2. The molecule has 1 aliphatic heterocycles. The topological polar surface area (TPSA) is 48.5 Å². The fourth-order valence-corrected chi connectivity index (χ4v) is 7.49. The number of benzene rings is 3. The maximum atomic E-state index is 14.2. The Balaban J connectivity index is 1.02. The Labute approximate surface area is 251 Å². The molecule has 3 heterocycles. The highest BCUT2D eigenvalue weighted by atomic mass is 32.1. The van der Waals surface area contributed by atoms with Crippen molar-refractivity contribution in [2.45, 2.75) is 31.2 Å². The summed E-state index contributed by atoms with van der Waals surface area (Å²) in [6.45, 7) is 5.66. The summed E-state index contributed by atoms with van der Waals surface area (Å²) < 4.78 is 0. The van der Waals surface area contributed by atoms with Crippen LogP contribution in [0.3, 0.4) is 0 Å². The number of hydrogen-bond acceptors (Lipinski definition) is 5. The monoisotopic (exact) mass is 572 g/mol. The van der Waals surface area contributed by atoms with Crippen molar-refractivity contribution < 1.29 is 4.79 Å². The highest BCUT2D eigenvalue weighted by molar-refractivity contribution is 7.09. The van der Waals surface area contributed by atoms with Crippen LogP contribution in [0.2, 0.25) is 0 Å². The zero-order chi connectivity index (χ0) is 28.4. The van der Waals surface area contributed by atoms with Crippen molar-refractivity contribution in [3.8, 4) is 11.1 Å². The number of pyridine rings is 1. The molecule has 5 nitrogen and oxygen atoms in total. The van der Waals surface area contributed by atoms with Gasteiger partial charge in [0.1, 0.15) is 11.2 Å². The quantitative estimate of drug-likeness (QED) is 0.196. The van der Waals surface area contributed by atoms with Gasteiger partial charge in [0.2, 0.25) is 5.91 Å². The van der Waals surface area contributed by atoms with E-state index in [9.17, 15) is 4.79 Å². The van der Waals surface area contributed by atoms with Crippen LogP contribution in [0.25, 0.3) is 22.0 Å². The predicted molar refractivity (Wildman–Crippen MR) is 173 cm³/mol. The van der Waals surface area contributed by atoms with Crippen molar-refractivity contribution in [3.63, 3.8) is 0 Å². The number of aromatic nitrogens is 1. The standard InChI is InChI=1S/C36H36N4OS/c41-35(37-26-28-11-9-25-42-28)36(31-14-4-2-12-29(31)30-13-3-5-15-32(30)36)19-7-8-20-39-21-23-40(24-22-39)34-18-17-27-10-1-6-16-33(27)38-34/h1-6,9-18,25H,7-8,19-24,26H2,(H,37,41). The number of fused-ring (bicyclic) bond motifs is 4. The van der Waals surface area contributed by atoms with Crippen molar-refractivity contribution in [2.24, 2.45) is 0 Å². The van der Waals surface area contributed by atoms with Gasteiger partial charge in [-0.25, -0.2) is 4.98 Å². The van der Waals surface area contributed by atoms with Gasteiger partial charge in [-0.1, -0.05) is 79.2 Å². The highest BCUT2D eigenvalue weighted by Gasteiger charge is 2.48. The van der Waals surface area contributed by atoms with Crippen LogP contribution in [0.5, 0.6) is 0 Å². The lowest BCUT2D eigenvalue weighted by Gasteiger charge is -2.36. The highest BCUT2D eigenvalue weighted by Crippen LogP contribution is 2.51. The van der Waals surface area contributed by atoms with Gasteiger partial charge in [0.25, 0.3) is 0 Å². The molecule has 0 unspecified atom stereocenters. The Bertz CT molecular complexity index is 1640. The number of para-hydroxylation sites is 1. The van der Waals surface area contributed by atoms with E-state index >= 15 is 0 Å². The van der Waals surface area contributed by atoms with Crippen molar-refractivity contribution in [3.05, 3.63) is 118 Å². The number of piperazine rings is 1. The van der Waals surface area contributed by atoms with E-state index in [-0.39, 0.29) is 5.91 Å². The van der Waals surface area contributed by atoms with Crippen LogP contribution in [0.1, 0.15) is 35.3 Å². The molecule has 0 saturated carbocycles. The Kier molecular flexibility index (Phi) is 7.49. The molecule has 6 heteroatoms. The van der Waals surface area contributed by atoms with E-state index in [2.05, 4.69) is 111 Å². The first kappa shape index (κ1) is 26.9. The fourth-order valence-electron chi connectivity index (χ4n) is 6.84. The molecule has 2 aliphatic rings. The minimum atomic E-state index is -0.662. The van der Waals surface area contributed by atoms with Crippen molar-refractivity contribution >= 4 is 34.0 Å². The van der Waals surface area contributed by atoms with Crippen LogP contribution >= 0.6 is 11.3 Å². The Morgan fingerprint density at radius 1 is 0.786 bits per heavy atom. The zero-order valence-electron chi connectivity index (χ0n) is 23.8. The number of thiophene rings is 1. The van der Waals surface area contributed by atoms with Crippen LogP contribution in [-0.4, -0.2) is 48.5 Å². The Morgan fingerprint density at radius 2 is 1.50 bits per heavy atom. The minimum absolute atomic E-state index is 0.116. The Hall–Kier alpha value is -4.00. The summed E-state index contributed by atoms with van der Waals surface area (Å²) in [5, 5.41) is 6.57. The molecule has 1 aliphatic carbocycles. The number of amides is 1. The summed E-state index contributed by atoms with van der Waals surface area (Å²) >= 11 is 1.69. The van der Waals surface area contributed by atoms with Gasteiger partial charge >= 0.3 is 0 Å². The number of nitrogens with one attached hydrogen (secondary N) is 1. The molecule has 0 atom stereocenters. The molecular formula is C36H36N4OS.